The highest BCUT2D eigenvalue weighted by atomic mass is 16.5. The predicted molar refractivity (Wildman–Crippen MR) is 104 cm³/mol. The Hall–Kier alpha value is -2.94. The number of carbonyl (C=O) groups is 4. The first kappa shape index (κ1) is 22.4. The molecular formula is C20H28N4O5. The molecule has 0 radical (unpaired) electrons. The van der Waals surface area contributed by atoms with Crippen LogP contribution in [0.3, 0.4) is 0 Å². The van der Waals surface area contributed by atoms with Gasteiger partial charge in [0.2, 0.25) is 11.8 Å². The van der Waals surface area contributed by atoms with Gasteiger partial charge in [0, 0.05) is 0 Å². The van der Waals surface area contributed by atoms with E-state index in [2.05, 4.69) is 10.7 Å². The molecule has 0 aromatic heterocycles. The molecule has 2 atom stereocenters. The van der Waals surface area contributed by atoms with Gasteiger partial charge in [-0.05, 0) is 37.2 Å². The maximum Gasteiger partial charge on any atom is 0.343 e. The van der Waals surface area contributed by atoms with Crippen molar-refractivity contribution in [2.24, 2.45) is 17.8 Å². The number of rotatable bonds is 10. The van der Waals surface area contributed by atoms with Crippen molar-refractivity contribution in [3.05, 3.63) is 35.9 Å². The number of amides is 5. The van der Waals surface area contributed by atoms with Gasteiger partial charge in [0.25, 0.3) is 5.91 Å². The summed E-state index contributed by atoms with van der Waals surface area (Å²) in [4.78, 5) is 48.7. The summed E-state index contributed by atoms with van der Waals surface area (Å²) in [6.45, 7) is 3.63. The number of imide groups is 1. The number of urea groups is 1. The van der Waals surface area contributed by atoms with Crippen molar-refractivity contribution in [2.75, 3.05) is 6.54 Å². The lowest BCUT2D eigenvalue weighted by molar-refractivity contribution is -0.144. The largest absolute Gasteiger partial charge is 0.343 e. The van der Waals surface area contributed by atoms with E-state index in [0.29, 0.717) is 24.3 Å². The van der Waals surface area contributed by atoms with Gasteiger partial charge in [-0.3, -0.25) is 25.0 Å². The highest BCUT2D eigenvalue weighted by Crippen LogP contribution is 2.26. The first-order chi connectivity index (χ1) is 13.8. The SMILES string of the molecule is CC(C)CC(C(=O)NN1C(=O)CNC1=O)[C@@H](CCCc1ccccc1)C(=O)NO. The Morgan fingerprint density at radius 1 is 1.14 bits per heavy atom. The Morgan fingerprint density at radius 2 is 1.83 bits per heavy atom. The molecule has 1 aliphatic rings. The standard InChI is InChI=1S/C20H28N4O5/c1-13(2)11-16(18(26)22-24-17(25)12-21-20(24)28)15(19(27)23-29)10-6-9-14-7-4-3-5-8-14/h3-5,7-8,13,15-16,29H,6,9-12H2,1-2H3,(H,21,28)(H,22,26)(H,23,27)/t15-,16?/m1/s1. The second-order valence-electron chi connectivity index (χ2n) is 7.56. The summed E-state index contributed by atoms with van der Waals surface area (Å²) in [7, 11) is 0. The van der Waals surface area contributed by atoms with E-state index < -0.39 is 35.6 Å². The van der Waals surface area contributed by atoms with Gasteiger partial charge in [0.15, 0.2) is 0 Å². The number of hydrogen-bond donors (Lipinski definition) is 4. The molecule has 29 heavy (non-hydrogen) atoms. The molecule has 0 saturated carbocycles. The van der Waals surface area contributed by atoms with Crippen molar-refractivity contribution >= 4 is 23.8 Å². The van der Waals surface area contributed by atoms with Crippen LogP contribution in [0.15, 0.2) is 30.3 Å². The number of nitrogens with zero attached hydrogens (tertiary/aromatic N) is 1. The molecular weight excluding hydrogens is 376 g/mol. The zero-order valence-corrected chi connectivity index (χ0v) is 16.7. The van der Waals surface area contributed by atoms with Gasteiger partial charge in [-0.1, -0.05) is 44.2 Å². The summed E-state index contributed by atoms with van der Waals surface area (Å²) in [6, 6.07) is 9.04. The van der Waals surface area contributed by atoms with Crippen molar-refractivity contribution in [3.8, 4) is 0 Å². The molecule has 5 amide bonds. The zero-order valence-electron chi connectivity index (χ0n) is 16.7. The number of carbonyl (C=O) groups excluding carboxylic acids is 4. The maximum absolute atomic E-state index is 12.9. The normalized spacial score (nSPS) is 15.8. The molecule has 158 valence electrons. The number of hydroxylamine groups is 1. The molecule has 1 saturated heterocycles. The van der Waals surface area contributed by atoms with Gasteiger partial charge >= 0.3 is 6.03 Å². The van der Waals surface area contributed by atoms with Crippen LogP contribution < -0.4 is 16.2 Å². The van der Waals surface area contributed by atoms with Crippen LogP contribution in [-0.2, 0) is 20.8 Å². The van der Waals surface area contributed by atoms with E-state index in [1.54, 1.807) is 5.48 Å². The summed E-state index contributed by atoms with van der Waals surface area (Å²) >= 11 is 0. The Balaban J connectivity index is 2.12. The number of hydrazine groups is 1. The molecule has 2 rings (SSSR count). The Kier molecular flexibility index (Phi) is 8.14. The lowest BCUT2D eigenvalue weighted by Crippen LogP contribution is -2.51. The van der Waals surface area contributed by atoms with E-state index in [-0.39, 0.29) is 12.5 Å². The van der Waals surface area contributed by atoms with Crippen LogP contribution in [0.25, 0.3) is 0 Å². The quantitative estimate of drug-likeness (QED) is 0.266. The van der Waals surface area contributed by atoms with E-state index in [0.717, 1.165) is 12.0 Å². The third-order valence-electron chi connectivity index (χ3n) is 4.88. The molecule has 1 fully saturated rings. The summed E-state index contributed by atoms with van der Waals surface area (Å²) < 4.78 is 0. The lowest BCUT2D eigenvalue weighted by atomic mass is 9.81. The van der Waals surface area contributed by atoms with Gasteiger partial charge in [-0.15, -0.1) is 0 Å². The van der Waals surface area contributed by atoms with Gasteiger partial charge < -0.3 is 5.32 Å². The molecule has 9 nitrogen and oxygen atoms in total. The van der Waals surface area contributed by atoms with Crippen LogP contribution in [0, 0.1) is 17.8 Å². The highest BCUT2D eigenvalue weighted by Gasteiger charge is 2.37. The zero-order chi connectivity index (χ0) is 21.4. The fourth-order valence-electron chi connectivity index (χ4n) is 3.46. The van der Waals surface area contributed by atoms with Gasteiger partial charge in [-0.2, -0.15) is 5.01 Å². The predicted octanol–water partition coefficient (Wildman–Crippen LogP) is 1.38. The molecule has 0 spiro atoms. The molecule has 0 aliphatic carbocycles. The number of hydrogen-bond acceptors (Lipinski definition) is 5. The number of benzene rings is 1. The minimum absolute atomic E-state index is 0.0805. The van der Waals surface area contributed by atoms with E-state index in [1.165, 1.54) is 0 Å². The van der Waals surface area contributed by atoms with E-state index in [9.17, 15) is 24.4 Å². The summed E-state index contributed by atoms with van der Waals surface area (Å²) in [5.41, 5.74) is 5.09. The monoisotopic (exact) mass is 404 g/mol. The van der Waals surface area contributed by atoms with Crippen LogP contribution in [0.4, 0.5) is 4.79 Å². The smallest absolute Gasteiger partial charge is 0.327 e. The minimum Gasteiger partial charge on any atom is -0.327 e. The lowest BCUT2D eigenvalue weighted by Gasteiger charge is -2.27. The van der Waals surface area contributed by atoms with Crippen LogP contribution >= 0.6 is 0 Å². The molecule has 1 aromatic rings. The fraction of sp³-hybridized carbons (Fsp3) is 0.500. The van der Waals surface area contributed by atoms with Gasteiger partial charge in [0.1, 0.15) is 6.54 Å². The molecule has 1 heterocycles. The molecule has 1 unspecified atom stereocenters. The Morgan fingerprint density at radius 3 is 2.38 bits per heavy atom. The van der Waals surface area contributed by atoms with Crippen molar-refractivity contribution < 1.29 is 24.4 Å². The van der Waals surface area contributed by atoms with Crippen molar-refractivity contribution in [2.45, 2.75) is 39.5 Å². The first-order valence-electron chi connectivity index (χ1n) is 9.72. The molecule has 1 aliphatic heterocycles. The molecule has 1 aromatic carbocycles. The van der Waals surface area contributed by atoms with Gasteiger partial charge in [-0.25, -0.2) is 10.3 Å². The third kappa shape index (κ3) is 6.28. The summed E-state index contributed by atoms with van der Waals surface area (Å²) in [6.07, 6.45) is 2.08. The number of nitrogens with one attached hydrogen (secondary N) is 3. The van der Waals surface area contributed by atoms with Crippen LogP contribution in [-0.4, -0.2) is 40.5 Å². The fourth-order valence-corrected chi connectivity index (χ4v) is 3.46. The number of aryl methyl sites for hydroxylation is 1. The summed E-state index contributed by atoms with van der Waals surface area (Å²) in [5, 5.41) is 12.2. The van der Waals surface area contributed by atoms with Gasteiger partial charge in [0.05, 0.1) is 11.8 Å². The molecule has 0 bridgehead atoms. The average molecular weight is 404 g/mol. The van der Waals surface area contributed by atoms with Crippen molar-refractivity contribution in [1.82, 2.24) is 21.2 Å². The highest BCUT2D eigenvalue weighted by molar-refractivity contribution is 6.03. The second kappa shape index (κ2) is 10.6. The Bertz CT molecular complexity index is 722. The maximum atomic E-state index is 12.9. The van der Waals surface area contributed by atoms with E-state index in [1.807, 2.05) is 44.2 Å². The van der Waals surface area contributed by atoms with Crippen molar-refractivity contribution in [1.29, 1.82) is 0 Å². The molecule has 9 heteroatoms. The first-order valence-corrected chi connectivity index (χ1v) is 9.72. The van der Waals surface area contributed by atoms with E-state index >= 15 is 0 Å². The third-order valence-corrected chi connectivity index (χ3v) is 4.88. The minimum atomic E-state index is -0.806. The summed E-state index contributed by atoms with van der Waals surface area (Å²) in [5.74, 6) is -3.35. The van der Waals surface area contributed by atoms with Crippen LogP contribution in [0.2, 0.25) is 0 Å². The van der Waals surface area contributed by atoms with E-state index in [4.69, 9.17) is 0 Å². The van der Waals surface area contributed by atoms with Crippen LogP contribution in [0.1, 0.15) is 38.7 Å². The van der Waals surface area contributed by atoms with Crippen molar-refractivity contribution in [3.63, 3.8) is 0 Å². The molecule has 4 N–H and O–H groups in total. The van der Waals surface area contributed by atoms with Crippen LogP contribution in [0.5, 0.6) is 0 Å². The average Bonchev–Trinajstić information content (AvgIpc) is 3.01. The topological polar surface area (TPSA) is 128 Å². The Labute approximate surface area is 169 Å². The second-order valence-corrected chi connectivity index (χ2v) is 7.56.